The van der Waals surface area contributed by atoms with Gasteiger partial charge in [0.2, 0.25) is 0 Å². The second-order valence-electron chi connectivity index (χ2n) is 5.49. The molecule has 0 heterocycles. The average molecular weight is 312 g/mol. The number of rotatable bonds is 3. The molecule has 0 radical (unpaired) electrons. The standard InChI is InChI=1S/C15H22BrNO/c1-10(2)14-9-11(16)3-8-15(14)18-13-6-4-12(17)5-7-13/h3,8-10,12-13H,4-7,17H2,1-2H3. The molecule has 100 valence electrons. The van der Waals surface area contributed by atoms with Crippen LogP contribution in [0.1, 0.15) is 51.0 Å². The Morgan fingerprint density at radius 1 is 1.22 bits per heavy atom. The summed E-state index contributed by atoms with van der Waals surface area (Å²) in [6.45, 7) is 4.40. The van der Waals surface area contributed by atoms with Crippen LogP contribution in [0.15, 0.2) is 22.7 Å². The minimum absolute atomic E-state index is 0.337. The zero-order valence-electron chi connectivity index (χ0n) is 11.2. The Labute approximate surface area is 118 Å². The van der Waals surface area contributed by atoms with Crippen molar-refractivity contribution in [2.75, 3.05) is 0 Å². The molecule has 1 fully saturated rings. The van der Waals surface area contributed by atoms with Crippen LogP contribution in [0.3, 0.4) is 0 Å². The third kappa shape index (κ3) is 3.48. The van der Waals surface area contributed by atoms with Gasteiger partial charge in [0.1, 0.15) is 5.75 Å². The van der Waals surface area contributed by atoms with Crippen LogP contribution >= 0.6 is 15.9 Å². The van der Waals surface area contributed by atoms with Crippen LogP contribution in [0.25, 0.3) is 0 Å². The van der Waals surface area contributed by atoms with Crippen molar-refractivity contribution in [2.24, 2.45) is 5.73 Å². The van der Waals surface area contributed by atoms with Crippen molar-refractivity contribution in [3.05, 3.63) is 28.2 Å². The first-order valence-corrected chi connectivity index (χ1v) is 7.57. The first-order chi connectivity index (χ1) is 8.56. The lowest BCUT2D eigenvalue weighted by molar-refractivity contribution is 0.145. The monoisotopic (exact) mass is 311 g/mol. The predicted octanol–water partition coefficient (Wildman–Crippen LogP) is 4.22. The maximum atomic E-state index is 6.17. The maximum Gasteiger partial charge on any atom is 0.123 e. The van der Waals surface area contributed by atoms with Gasteiger partial charge in [-0.1, -0.05) is 29.8 Å². The Balaban J connectivity index is 2.09. The molecule has 0 saturated heterocycles. The number of hydrogen-bond donors (Lipinski definition) is 1. The lowest BCUT2D eigenvalue weighted by Gasteiger charge is -2.28. The van der Waals surface area contributed by atoms with Gasteiger partial charge in [0.05, 0.1) is 6.10 Å². The highest BCUT2D eigenvalue weighted by Gasteiger charge is 2.21. The van der Waals surface area contributed by atoms with E-state index < -0.39 is 0 Å². The van der Waals surface area contributed by atoms with Crippen LogP contribution in [0.4, 0.5) is 0 Å². The molecule has 2 rings (SSSR count). The van der Waals surface area contributed by atoms with E-state index in [0.717, 1.165) is 35.9 Å². The fourth-order valence-electron chi connectivity index (χ4n) is 2.46. The first-order valence-electron chi connectivity index (χ1n) is 6.78. The molecular weight excluding hydrogens is 290 g/mol. The summed E-state index contributed by atoms with van der Waals surface area (Å²) in [5.41, 5.74) is 7.20. The first kappa shape index (κ1) is 13.9. The van der Waals surface area contributed by atoms with E-state index >= 15 is 0 Å². The lowest BCUT2D eigenvalue weighted by Crippen LogP contribution is -2.31. The van der Waals surface area contributed by atoms with Gasteiger partial charge in [0.25, 0.3) is 0 Å². The second kappa shape index (κ2) is 6.07. The highest BCUT2D eigenvalue weighted by atomic mass is 79.9. The van der Waals surface area contributed by atoms with Gasteiger partial charge in [-0.2, -0.15) is 0 Å². The number of hydrogen-bond acceptors (Lipinski definition) is 2. The fourth-order valence-corrected chi connectivity index (χ4v) is 2.84. The normalized spacial score (nSPS) is 24.3. The quantitative estimate of drug-likeness (QED) is 0.907. The highest BCUT2D eigenvalue weighted by molar-refractivity contribution is 9.10. The summed E-state index contributed by atoms with van der Waals surface area (Å²) >= 11 is 3.53. The Bertz CT molecular complexity index is 397. The van der Waals surface area contributed by atoms with Gasteiger partial charge < -0.3 is 10.5 Å². The zero-order chi connectivity index (χ0) is 13.1. The molecular formula is C15H22BrNO. The largest absolute Gasteiger partial charge is 0.490 e. The van der Waals surface area contributed by atoms with Crippen molar-refractivity contribution >= 4 is 15.9 Å². The molecule has 0 bridgehead atoms. The molecule has 0 atom stereocenters. The molecule has 18 heavy (non-hydrogen) atoms. The van der Waals surface area contributed by atoms with Crippen molar-refractivity contribution in [3.8, 4) is 5.75 Å². The number of halogens is 1. The van der Waals surface area contributed by atoms with E-state index in [9.17, 15) is 0 Å². The van der Waals surface area contributed by atoms with E-state index in [1.165, 1.54) is 5.56 Å². The lowest BCUT2D eigenvalue weighted by atomic mass is 9.93. The highest BCUT2D eigenvalue weighted by Crippen LogP contribution is 2.32. The van der Waals surface area contributed by atoms with E-state index in [0.29, 0.717) is 18.1 Å². The molecule has 1 aromatic rings. The molecule has 2 N–H and O–H groups in total. The molecule has 3 heteroatoms. The van der Waals surface area contributed by atoms with Gasteiger partial charge in [-0.3, -0.25) is 0 Å². The third-order valence-electron chi connectivity index (χ3n) is 3.61. The van der Waals surface area contributed by atoms with Crippen LogP contribution < -0.4 is 10.5 Å². The van der Waals surface area contributed by atoms with E-state index in [2.05, 4.69) is 48.0 Å². The molecule has 0 aliphatic heterocycles. The topological polar surface area (TPSA) is 35.2 Å². The van der Waals surface area contributed by atoms with Crippen molar-refractivity contribution in [1.82, 2.24) is 0 Å². The van der Waals surface area contributed by atoms with Crippen LogP contribution in [-0.2, 0) is 0 Å². The van der Waals surface area contributed by atoms with Crippen LogP contribution in [-0.4, -0.2) is 12.1 Å². The van der Waals surface area contributed by atoms with Gasteiger partial charge in [-0.05, 0) is 55.4 Å². The summed E-state index contributed by atoms with van der Waals surface area (Å²) in [4.78, 5) is 0. The van der Waals surface area contributed by atoms with E-state index in [4.69, 9.17) is 10.5 Å². The van der Waals surface area contributed by atoms with Crippen molar-refractivity contribution in [1.29, 1.82) is 0 Å². The minimum atomic E-state index is 0.337. The zero-order valence-corrected chi connectivity index (χ0v) is 12.7. The van der Waals surface area contributed by atoms with E-state index in [-0.39, 0.29) is 0 Å². The molecule has 1 aliphatic carbocycles. The number of benzene rings is 1. The summed E-state index contributed by atoms with van der Waals surface area (Å²) in [5, 5.41) is 0. The Hall–Kier alpha value is -0.540. The summed E-state index contributed by atoms with van der Waals surface area (Å²) in [7, 11) is 0. The van der Waals surface area contributed by atoms with Gasteiger partial charge in [-0.25, -0.2) is 0 Å². The smallest absolute Gasteiger partial charge is 0.123 e. The predicted molar refractivity (Wildman–Crippen MR) is 79.1 cm³/mol. The van der Waals surface area contributed by atoms with E-state index in [1.54, 1.807) is 0 Å². The Morgan fingerprint density at radius 2 is 1.89 bits per heavy atom. The van der Waals surface area contributed by atoms with Crippen LogP contribution in [0.5, 0.6) is 5.75 Å². The average Bonchev–Trinajstić information content (AvgIpc) is 2.34. The van der Waals surface area contributed by atoms with Crippen molar-refractivity contribution in [2.45, 2.75) is 57.6 Å². The van der Waals surface area contributed by atoms with Gasteiger partial charge in [0, 0.05) is 10.5 Å². The fraction of sp³-hybridized carbons (Fsp3) is 0.600. The summed E-state index contributed by atoms with van der Waals surface area (Å²) in [6, 6.07) is 6.66. The minimum Gasteiger partial charge on any atom is -0.490 e. The Morgan fingerprint density at radius 3 is 2.50 bits per heavy atom. The molecule has 0 unspecified atom stereocenters. The molecule has 1 saturated carbocycles. The summed E-state index contributed by atoms with van der Waals surface area (Å²) in [5.74, 6) is 1.51. The number of ether oxygens (including phenoxy) is 1. The van der Waals surface area contributed by atoms with Gasteiger partial charge in [-0.15, -0.1) is 0 Å². The molecule has 0 amide bonds. The van der Waals surface area contributed by atoms with E-state index in [1.807, 2.05) is 0 Å². The Kier molecular flexibility index (Phi) is 4.68. The summed E-state index contributed by atoms with van der Waals surface area (Å²) in [6.07, 6.45) is 4.66. The molecule has 0 spiro atoms. The SMILES string of the molecule is CC(C)c1cc(Br)ccc1OC1CCC(N)CC1. The maximum absolute atomic E-state index is 6.17. The van der Waals surface area contributed by atoms with Crippen molar-refractivity contribution in [3.63, 3.8) is 0 Å². The second-order valence-corrected chi connectivity index (χ2v) is 6.41. The van der Waals surface area contributed by atoms with Crippen LogP contribution in [0.2, 0.25) is 0 Å². The van der Waals surface area contributed by atoms with Crippen LogP contribution in [0, 0.1) is 0 Å². The number of nitrogens with two attached hydrogens (primary N) is 1. The molecule has 2 nitrogen and oxygen atoms in total. The van der Waals surface area contributed by atoms with Gasteiger partial charge >= 0.3 is 0 Å². The molecule has 1 aromatic carbocycles. The summed E-state index contributed by atoms with van der Waals surface area (Å²) < 4.78 is 7.29. The van der Waals surface area contributed by atoms with Gasteiger partial charge in [0.15, 0.2) is 0 Å². The molecule has 1 aliphatic rings. The third-order valence-corrected chi connectivity index (χ3v) is 4.10. The molecule has 0 aromatic heterocycles. The van der Waals surface area contributed by atoms with Crippen molar-refractivity contribution < 1.29 is 4.74 Å².